The monoisotopic (exact) mass is 393 g/mol. The van der Waals surface area contributed by atoms with Gasteiger partial charge in [-0.2, -0.15) is 0 Å². The minimum atomic E-state index is -0.903. The number of likely N-dealkylation sites (tertiary alicyclic amines) is 1. The molecule has 9 heteroatoms. The summed E-state index contributed by atoms with van der Waals surface area (Å²) in [5.74, 6) is -3.22. The van der Waals surface area contributed by atoms with Crippen molar-refractivity contribution in [2.45, 2.75) is 31.7 Å². The van der Waals surface area contributed by atoms with Crippen LogP contribution in [0.2, 0.25) is 0 Å². The third-order valence-electron chi connectivity index (χ3n) is 6.29. The topological polar surface area (TPSA) is 90.0 Å². The summed E-state index contributed by atoms with van der Waals surface area (Å²) in [6.45, 7) is 0.541. The van der Waals surface area contributed by atoms with Crippen molar-refractivity contribution >= 4 is 23.6 Å². The lowest BCUT2D eigenvalue weighted by Crippen LogP contribution is -2.48. The lowest BCUT2D eigenvalue weighted by atomic mass is 9.81. The zero-order valence-corrected chi connectivity index (χ0v) is 15.2. The molecule has 0 aromatic heterocycles. The van der Waals surface area contributed by atoms with Gasteiger partial charge < -0.3 is 20.2 Å². The number of benzene rings is 1. The first-order valence-corrected chi connectivity index (χ1v) is 9.38. The lowest BCUT2D eigenvalue weighted by molar-refractivity contribution is -0.149. The smallest absolute Gasteiger partial charge is 0.318 e. The molecule has 0 radical (unpaired) electrons. The summed E-state index contributed by atoms with van der Waals surface area (Å²) in [5.41, 5.74) is -1.32. The number of nitrogens with zero attached hydrogens (tertiary/aromatic N) is 2. The van der Waals surface area contributed by atoms with Gasteiger partial charge in [-0.15, -0.1) is 0 Å². The molecule has 2 N–H and O–H groups in total. The Morgan fingerprint density at radius 3 is 2.57 bits per heavy atom. The second kappa shape index (κ2) is 6.72. The molecule has 3 aliphatic rings. The fourth-order valence-electron chi connectivity index (χ4n) is 4.82. The van der Waals surface area contributed by atoms with Crippen molar-refractivity contribution in [3.8, 4) is 0 Å². The number of carbonyl (C=O) groups excluding carboxylic acids is 2. The molecule has 1 aromatic carbocycles. The van der Waals surface area contributed by atoms with Crippen LogP contribution < -0.4 is 10.2 Å². The van der Waals surface area contributed by atoms with Crippen LogP contribution in [-0.2, 0) is 9.59 Å². The third-order valence-corrected chi connectivity index (χ3v) is 6.29. The summed E-state index contributed by atoms with van der Waals surface area (Å²) in [5, 5.41) is 12.2. The van der Waals surface area contributed by atoms with Crippen molar-refractivity contribution in [1.29, 1.82) is 0 Å². The van der Waals surface area contributed by atoms with Gasteiger partial charge in [0.2, 0.25) is 5.91 Å². The molecule has 2 aliphatic heterocycles. The third kappa shape index (κ3) is 2.80. The summed E-state index contributed by atoms with van der Waals surface area (Å²) in [4.78, 5) is 39.4. The fraction of sp³-hybridized carbons (Fsp3) is 0.526. The van der Waals surface area contributed by atoms with Crippen molar-refractivity contribution < 1.29 is 28.3 Å². The summed E-state index contributed by atoms with van der Waals surface area (Å²) < 4.78 is 28.0. The van der Waals surface area contributed by atoms with Gasteiger partial charge in [-0.3, -0.25) is 9.59 Å². The summed E-state index contributed by atoms with van der Waals surface area (Å²) >= 11 is 0. The second-order valence-corrected chi connectivity index (χ2v) is 7.78. The number of urea groups is 1. The van der Waals surface area contributed by atoms with Crippen molar-refractivity contribution in [2.75, 3.05) is 24.5 Å². The molecule has 2 heterocycles. The van der Waals surface area contributed by atoms with Gasteiger partial charge in [0.15, 0.2) is 0 Å². The molecular formula is C19H21F2N3O4. The number of nitrogens with one attached hydrogen (secondary N) is 1. The maximum atomic E-state index is 14.0. The number of carboxylic acids is 1. The van der Waals surface area contributed by atoms with E-state index in [0.717, 1.165) is 29.9 Å². The highest BCUT2D eigenvalue weighted by molar-refractivity contribution is 6.01. The molecule has 4 rings (SSSR count). The molecule has 3 fully saturated rings. The van der Waals surface area contributed by atoms with Gasteiger partial charge in [0.1, 0.15) is 23.4 Å². The zero-order chi connectivity index (χ0) is 20.1. The van der Waals surface area contributed by atoms with E-state index >= 15 is 0 Å². The number of para-hydroxylation sites is 1. The molecule has 1 unspecified atom stereocenters. The van der Waals surface area contributed by atoms with Gasteiger partial charge in [-0.25, -0.2) is 13.6 Å². The number of fused-ring (bicyclic) bond motifs is 1. The first-order valence-electron chi connectivity index (χ1n) is 9.38. The molecule has 3 atom stereocenters. The van der Waals surface area contributed by atoms with E-state index in [4.69, 9.17) is 0 Å². The predicted octanol–water partition coefficient (Wildman–Crippen LogP) is 1.97. The normalized spacial score (nSPS) is 29.3. The maximum absolute atomic E-state index is 14.0. The SMILES string of the molecule is O=C(NC1CCN(c2c(F)cccc2F)C1=O)N1C[C@@H]2CCC[C@@]2(C(=O)O)C1. The first kappa shape index (κ1) is 18.6. The molecule has 1 aromatic rings. The Morgan fingerprint density at radius 1 is 1.21 bits per heavy atom. The highest BCUT2D eigenvalue weighted by atomic mass is 19.1. The molecule has 2 saturated heterocycles. The van der Waals surface area contributed by atoms with Crippen molar-refractivity contribution in [3.05, 3.63) is 29.8 Å². The molecule has 7 nitrogen and oxygen atoms in total. The standard InChI is InChI=1S/C19H21F2N3O4/c20-12-4-1-5-13(21)15(12)24-8-6-14(16(24)25)22-18(28)23-9-11-3-2-7-19(11,10-23)17(26)27/h1,4-5,11,14H,2-3,6-10H2,(H,22,28)(H,26,27)/t11-,14?,19+/m0/s1. The lowest BCUT2D eigenvalue weighted by Gasteiger charge is -2.24. The number of halogens is 2. The minimum Gasteiger partial charge on any atom is -0.481 e. The Bertz CT molecular complexity index is 828. The van der Waals surface area contributed by atoms with Crippen LogP contribution in [0.25, 0.3) is 0 Å². The number of amides is 3. The van der Waals surface area contributed by atoms with Crippen LogP contribution in [0.3, 0.4) is 0 Å². The number of rotatable bonds is 3. The number of aliphatic carboxylic acids is 1. The molecule has 3 amide bonds. The van der Waals surface area contributed by atoms with Gasteiger partial charge in [0.05, 0.1) is 5.41 Å². The van der Waals surface area contributed by atoms with Crippen LogP contribution in [0.5, 0.6) is 0 Å². The molecule has 28 heavy (non-hydrogen) atoms. The van der Waals surface area contributed by atoms with Crippen molar-refractivity contribution in [1.82, 2.24) is 10.2 Å². The molecular weight excluding hydrogens is 372 g/mol. The average molecular weight is 393 g/mol. The van der Waals surface area contributed by atoms with E-state index in [1.165, 1.54) is 11.0 Å². The molecule has 0 bridgehead atoms. The van der Waals surface area contributed by atoms with Gasteiger partial charge >= 0.3 is 12.0 Å². The van der Waals surface area contributed by atoms with E-state index in [-0.39, 0.29) is 25.4 Å². The van der Waals surface area contributed by atoms with Gasteiger partial charge in [0.25, 0.3) is 0 Å². The van der Waals surface area contributed by atoms with E-state index in [1.807, 2.05) is 0 Å². The largest absolute Gasteiger partial charge is 0.481 e. The predicted molar refractivity (Wildman–Crippen MR) is 94.6 cm³/mol. The van der Waals surface area contributed by atoms with E-state index < -0.39 is 46.7 Å². The van der Waals surface area contributed by atoms with Crippen LogP contribution >= 0.6 is 0 Å². The van der Waals surface area contributed by atoms with Crippen LogP contribution in [-0.4, -0.2) is 53.6 Å². The first-order chi connectivity index (χ1) is 13.3. The molecule has 1 saturated carbocycles. The van der Waals surface area contributed by atoms with Crippen LogP contribution in [0.1, 0.15) is 25.7 Å². The van der Waals surface area contributed by atoms with Crippen LogP contribution in [0.4, 0.5) is 19.3 Å². The fourth-order valence-corrected chi connectivity index (χ4v) is 4.82. The summed E-state index contributed by atoms with van der Waals surface area (Å²) in [6.07, 6.45) is 2.36. The number of carbonyl (C=O) groups is 3. The zero-order valence-electron chi connectivity index (χ0n) is 15.2. The van der Waals surface area contributed by atoms with E-state index in [2.05, 4.69) is 5.32 Å². The Morgan fingerprint density at radius 2 is 1.93 bits per heavy atom. The highest BCUT2D eigenvalue weighted by Gasteiger charge is 2.56. The van der Waals surface area contributed by atoms with Crippen LogP contribution in [0, 0.1) is 23.0 Å². The van der Waals surface area contributed by atoms with E-state index in [9.17, 15) is 28.3 Å². The summed E-state index contributed by atoms with van der Waals surface area (Å²) in [7, 11) is 0. The number of hydrogen-bond donors (Lipinski definition) is 2. The van der Waals surface area contributed by atoms with E-state index in [0.29, 0.717) is 13.0 Å². The van der Waals surface area contributed by atoms with Crippen LogP contribution in [0.15, 0.2) is 18.2 Å². The van der Waals surface area contributed by atoms with Crippen molar-refractivity contribution in [2.24, 2.45) is 11.3 Å². The minimum absolute atomic E-state index is 0.0842. The van der Waals surface area contributed by atoms with Gasteiger partial charge in [-0.1, -0.05) is 12.5 Å². The van der Waals surface area contributed by atoms with Gasteiger partial charge in [0, 0.05) is 19.6 Å². The number of hydrogen-bond acceptors (Lipinski definition) is 3. The van der Waals surface area contributed by atoms with Crippen molar-refractivity contribution in [3.63, 3.8) is 0 Å². The highest BCUT2D eigenvalue weighted by Crippen LogP contribution is 2.48. The molecule has 0 spiro atoms. The Balaban J connectivity index is 1.44. The second-order valence-electron chi connectivity index (χ2n) is 7.78. The number of carboxylic acid groups (broad SMARTS) is 1. The Kier molecular flexibility index (Phi) is 4.47. The molecule has 150 valence electrons. The van der Waals surface area contributed by atoms with E-state index in [1.54, 1.807) is 0 Å². The Hall–Kier alpha value is -2.71. The molecule has 1 aliphatic carbocycles. The summed E-state index contributed by atoms with van der Waals surface area (Å²) in [6, 6.07) is 1.96. The number of anilines is 1. The Labute approximate surface area is 160 Å². The maximum Gasteiger partial charge on any atom is 0.318 e. The quantitative estimate of drug-likeness (QED) is 0.822. The average Bonchev–Trinajstić information content (AvgIpc) is 3.29. The van der Waals surface area contributed by atoms with Gasteiger partial charge in [-0.05, 0) is 37.3 Å².